The maximum absolute atomic E-state index is 13.4. The molecule has 0 N–H and O–H groups in total. The lowest BCUT2D eigenvalue weighted by Crippen LogP contribution is -2.30. The Bertz CT molecular complexity index is 2300. The monoisotopic (exact) mass is 938 g/mol. The molecule has 332 valence electrons. The second-order valence-corrected chi connectivity index (χ2v) is 21.8. The molecule has 8 nitrogen and oxygen atoms in total. The lowest BCUT2D eigenvalue weighted by atomic mass is 10.1. The van der Waals surface area contributed by atoms with Crippen molar-refractivity contribution in [1.29, 1.82) is 0 Å². The van der Waals surface area contributed by atoms with Crippen molar-refractivity contribution < 1.29 is 19.2 Å². The summed E-state index contributed by atoms with van der Waals surface area (Å²) >= 11 is 7.27. The van der Waals surface area contributed by atoms with E-state index in [0.29, 0.717) is 34.0 Å². The molecule has 4 amide bonds. The molecule has 6 aromatic rings. The van der Waals surface area contributed by atoms with Crippen LogP contribution in [-0.2, 0) is 0 Å². The van der Waals surface area contributed by atoms with Crippen LogP contribution >= 0.6 is 57.1 Å². The summed E-state index contributed by atoms with van der Waals surface area (Å²) in [4.78, 5) is 63.4. The van der Waals surface area contributed by atoms with E-state index in [2.05, 4.69) is 50.2 Å². The molecular formula is C50H58N4O4S5. The summed E-state index contributed by atoms with van der Waals surface area (Å²) in [6.45, 7) is 5.47. The van der Waals surface area contributed by atoms with Crippen molar-refractivity contribution >= 4 is 91.7 Å². The SMILES string of the molecule is CCCCCCCCCCCCN1C(=O)c2cc(-c3ccc(-c4ccc(-c5ccc(-c6cc7c(s6)C(=O)N(CCCCCCCCCCCC)C7=O)s5)c5nsnc45)s3)sc2C1=O. The third kappa shape index (κ3) is 10.3. The van der Waals surface area contributed by atoms with Crippen molar-refractivity contribution in [3.8, 4) is 40.4 Å². The van der Waals surface area contributed by atoms with Gasteiger partial charge in [0.15, 0.2) is 0 Å². The van der Waals surface area contributed by atoms with Gasteiger partial charge in [0.05, 0.1) is 22.9 Å². The highest BCUT2D eigenvalue weighted by Crippen LogP contribution is 2.46. The van der Waals surface area contributed by atoms with Crippen LogP contribution in [0.3, 0.4) is 0 Å². The lowest BCUT2D eigenvalue weighted by Gasteiger charge is -2.13. The number of carbonyl (C=O) groups is 4. The molecular weight excluding hydrogens is 881 g/mol. The first-order chi connectivity index (χ1) is 30.9. The number of hydrogen-bond acceptors (Lipinski definition) is 11. The zero-order valence-corrected chi connectivity index (χ0v) is 40.7. The van der Waals surface area contributed by atoms with Crippen LogP contribution in [-0.4, -0.2) is 55.3 Å². The van der Waals surface area contributed by atoms with Crippen molar-refractivity contribution in [2.24, 2.45) is 0 Å². The van der Waals surface area contributed by atoms with Gasteiger partial charge in [-0.05, 0) is 49.2 Å². The first-order valence-corrected chi connectivity index (χ1v) is 27.3. The van der Waals surface area contributed by atoms with Crippen LogP contribution in [0.25, 0.3) is 51.4 Å². The molecule has 5 aromatic heterocycles. The summed E-state index contributed by atoms with van der Waals surface area (Å²) < 4.78 is 9.47. The molecule has 8 rings (SSSR count). The molecule has 0 radical (unpaired) electrons. The molecule has 0 saturated heterocycles. The van der Waals surface area contributed by atoms with E-state index in [4.69, 9.17) is 8.75 Å². The number of aromatic nitrogens is 2. The van der Waals surface area contributed by atoms with Gasteiger partial charge in [0.2, 0.25) is 0 Å². The van der Waals surface area contributed by atoms with Crippen molar-refractivity contribution in [2.75, 3.05) is 13.1 Å². The number of hydrogen-bond donors (Lipinski definition) is 0. The number of carbonyl (C=O) groups excluding carboxylic acids is 4. The second-order valence-electron chi connectivity index (χ2n) is 17.0. The third-order valence-electron chi connectivity index (χ3n) is 12.4. The van der Waals surface area contributed by atoms with Gasteiger partial charge in [-0.25, -0.2) is 0 Å². The first kappa shape index (κ1) is 45.7. The Morgan fingerprint density at radius 3 is 1.10 bits per heavy atom. The number of fused-ring (bicyclic) bond motifs is 3. The Labute approximate surface area is 392 Å². The summed E-state index contributed by atoms with van der Waals surface area (Å²) in [5, 5.41) is 0. The molecule has 2 aliphatic heterocycles. The number of amides is 4. The van der Waals surface area contributed by atoms with Gasteiger partial charge >= 0.3 is 0 Å². The molecule has 0 saturated carbocycles. The second kappa shape index (κ2) is 21.9. The van der Waals surface area contributed by atoms with E-state index in [1.165, 1.54) is 134 Å². The van der Waals surface area contributed by atoms with Gasteiger partial charge in [0.1, 0.15) is 20.8 Å². The van der Waals surface area contributed by atoms with Gasteiger partial charge < -0.3 is 0 Å². The van der Waals surface area contributed by atoms with Gasteiger partial charge in [-0.15, -0.1) is 45.3 Å². The smallest absolute Gasteiger partial charge is 0.271 e. The van der Waals surface area contributed by atoms with Gasteiger partial charge in [-0.3, -0.25) is 29.0 Å². The number of imide groups is 2. The fraction of sp³-hybridized carbons (Fsp3) is 0.480. The number of benzene rings is 1. The zero-order valence-electron chi connectivity index (χ0n) is 36.6. The largest absolute Gasteiger partial charge is 0.274 e. The zero-order chi connectivity index (χ0) is 43.7. The molecule has 0 bridgehead atoms. The number of nitrogens with zero attached hydrogens (tertiary/aromatic N) is 4. The summed E-state index contributed by atoms with van der Waals surface area (Å²) in [7, 11) is 0. The van der Waals surface area contributed by atoms with Gasteiger partial charge in [-0.2, -0.15) is 8.75 Å². The Hall–Kier alpha value is -3.88. The van der Waals surface area contributed by atoms with Gasteiger partial charge in [0, 0.05) is 53.5 Å². The van der Waals surface area contributed by atoms with Crippen LogP contribution in [0.5, 0.6) is 0 Å². The minimum absolute atomic E-state index is 0.159. The van der Waals surface area contributed by atoms with E-state index in [9.17, 15) is 19.2 Å². The fourth-order valence-electron chi connectivity index (χ4n) is 8.80. The average molecular weight is 939 g/mol. The summed E-state index contributed by atoms with van der Waals surface area (Å²) in [6.07, 6.45) is 24.3. The maximum Gasteiger partial charge on any atom is 0.271 e. The Morgan fingerprint density at radius 1 is 0.381 bits per heavy atom. The highest BCUT2D eigenvalue weighted by molar-refractivity contribution is 7.25. The minimum Gasteiger partial charge on any atom is -0.274 e. The van der Waals surface area contributed by atoms with Crippen LogP contribution in [0.15, 0.2) is 48.5 Å². The molecule has 0 aliphatic carbocycles. The van der Waals surface area contributed by atoms with Crippen molar-refractivity contribution in [3.05, 3.63) is 69.4 Å². The predicted molar refractivity (Wildman–Crippen MR) is 265 cm³/mol. The summed E-state index contributed by atoms with van der Waals surface area (Å²) in [6, 6.07) is 16.3. The van der Waals surface area contributed by atoms with E-state index in [0.717, 1.165) is 89.9 Å². The highest BCUT2D eigenvalue weighted by Gasteiger charge is 2.39. The molecule has 0 fully saturated rings. The van der Waals surface area contributed by atoms with E-state index in [-0.39, 0.29) is 23.6 Å². The fourth-order valence-corrected chi connectivity index (χ4v) is 13.8. The van der Waals surface area contributed by atoms with E-state index < -0.39 is 0 Å². The average Bonchev–Trinajstić information content (AvgIpc) is 4.16. The van der Waals surface area contributed by atoms with Crippen molar-refractivity contribution in [2.45, 2.75) is 142 Å². The molecule has 63 heavy (non-hydrogen) atoms. The Balaban J connectivity index is 0.857. The summed E-state index contributed by atoms with van der Waals surface area (Å²) in [5.74, 6) is -0.653. The van der Waals surface area contributed by atoms with Crippen LogP contribution in [0.2, 0.25) is 0 Å². The normalized spacial score (nSPS) is 13.7. The molecule has 1 aromatic carbocycles. The number of thiophene rings is 4. The standard InChI is InChI=1S/C50H58N4O4S5/c1-3-5-7-9-11-13-15-17-19-21-29-53-47(55)35-31-41(61-45(35)49(53)57)39-27-25-37(59-39)33-23-24-34(44-43(33)51-63-52-44)38-26-28-40(60-38)42-32-36-46(62-42)50(58)54(48(36)56)30-22-20-18-16-14-12-10-8-6-4-2/h23-28,31-32H,3-22,29-30H2,1-2H3. The van der Waals surface area contributed by atoms with Crippen LogP contribution in [0.4, 0.5) is 0 Å². The van der Waals surface area contributed by atoms with E-state index in [1.807, 2.05) is 12.1 Å². The minimum atomic E-state index is -0.167. The van der Waals surface area contributed by atoms with Crippen molar-refractivity contribution in [3.63, 3.8) is 0 Å². The first-order valence-electron chi connectivity index (χ1n) is 23.3. The quantitative estimate of drug-likeness (QED) is 0.0397. The van der Waals surface area contributed by atoms with Crippen molar-refractivity contribution in [1.82, 2.24) is 18.5 Å². The Morgan fingerprint density at radius 2 is 0.730 bits per heavy atom. The number of unbranched alkanes of at least 4 members (excludes halogenated alkanes) is 18. The van der Waals surface area contributed by atoms with Gasteiger partial charge in [-0.1, -0.05) is 142 Å². The van der Waals surface area contributed by atoms with Crippen LogP contribution < -0.4 is 0 Å². The summed E-state index contributed by atoms with van der Waals surface area (Å²) in [5.41, 5.74) is 4.69. The molecule has 13 heteroatoms. The van der Waals surface area contributed by atoms with Gasteiger partial charge in [0.25, 0.3) is 23.6 Å². The molecule has 0 atom stereocenters. The molecule has 0 unspecified atom stereocenters. The lowest BCUT2D eigenvalue weighted by molar-refractivity contribution is 0.0637. The number of rotatable bonds is 26. The topological polar surface area (TPSA) is 101 Å². The van der Waals surface area contributed by atoms with Crippen LogP contribution in [0.1, 0.15) is 182 Å². The molecule has 2 aliphatic rings. The maximum atomic E-state index is 13.4. The molecule has 0 spiro atoms. The van der Waals surface area contributed by atoms with E-state index >= 15 is 0 Å². The highest BCUT2D eigenvalue weighted by atomic mass is 32.1. The molecule has 7 heterocycles. The predicted octanol–water partition coefficient (Wildman–Crippen LogP) is 15.6. The van der Waals surface area contributed by atoms with Crippen LogP contribution in [0, 0.1) is 0 Å². The third-order valence-corrected chi connectivity index (χ3v) is 17.8. The van der Waals surface area contributed by atoms with E-state index in [1.54, 1.807) is 22.7 Å². The Kier molecular flexibility index (Phi) is 15.9.